The van der Waals surface area contributed by atoms with Crippen molar-refractivity contribution in [3.63, 3.8) is 0 Å². The Morgan fingerprint density at radius 2 is 1.83 bits per heavy atom. The lowest BCUT2D eigenvalue weighted by molar-refractivity contribution is 0.0189. The lowest BCUT2D eigenvalue weighted by Gasteiger charge is -2.34. The summed E-state index contributed by atoms with van der Waals surface area (Å²) in [4.78, 5) is 27.4. The van der Waals surface area contributed by atoms with E-state index in [1.165, 1.54) is 0 Å². The van der Waals surface area contributed by atoms with E-state index < -0.39 is 5.60 Å². The average Bonchev–Trinajstić information content (AvgIpc) is 3.06. The second kappa shape index (κ2) is 7.87. The van der Waals surface area contributed by atoms with Crippen LogP contribution in [0.2, 0.25) is 5.15 Å². The fourth-order valence-corrected chi connectivity index (χ4v) is 3.94. The molecule has 8 heteroatoms. The summed E-state index contributed by atoms with van der Waals surface area (Å²) in [6.07, 6.45) is 7.16. The van der Waals surface area contributed by atoms with E-state index in [0.29, 0.717) is 18.2 Å². The summed E-state index contributed by atoms with van der Waals surface area (Å²) in [5, 5.41) is 1.47. The smallest absolute Gasteiger partial charge is 0.410 e. The predicted octanol–water partition coefficient (Wildman–Crippen LogP) is 5.03. The summed E-state index contributed by atoms with van der Waals surface area (Å²) >= 11 is 6.21. The molecule has 7 nitrogen and oxygen atoms in total. The highest BCUT2D eigenvalue weighted by molar-refractivity contribution is 6.29. The van der Waals surface area contributed by atoms with Gasteiger partial charge in [0.15, 0.2) is 0 Å². The van der Waals surface area contributed by atoms with E-state index in [0.717, 1.165) is 40.8 Å². The first kappa shape index (κ1) is 20.6. The molecule has 0 unspecified atom stereocenters. The number of amides is 1. The van der Waals surface area contributed by atoms with Crippen molar-refractivity contribution in [1.29, 1.82) is 0 Å². The van der Waals surface area contributed by atoms with Gasteiger partial charge < -0.3 is 14.2 Å². The predicted molar refractivity (Wildman–Crippen MR) is 117 cm³/mol. The number of aromatic nitrogens is 4. The number of hydrogen-bond donors (Lipinski definition) is 0. The Morgan fingerprint density at radius 3 is 2.47 bits per heavy atom. The van der Waals surface area contributed by atoms with Crippen LogP contribution in [0.1, 0.15) is 45.5 Å². The molecule has 0 bridgehead atoms. The maximum absolute atomic E-state index is 12.4. The number of pyridine rings is 1. The first-order valence-electron chi connectivity index (χ1n) is 10.2. The van der Waals surface area contributed by atoms with Crippen LogP contribution in [0.25, 0.3) is 22.2 Å². The molecule has 1 amide bonds. The summed E-state index contributed by atoms with van der Waals surface area (Å²) in [6.45, 7) is 8.80. The maximum Gasteiger partial charge on any atom is 0.410 e. The van der Waals surface area contributed by atoms with Crippen molar-refractivity contribution in [2.24, 2.45) is 0 Å². The number of hydrogen-bond acceptors (Lipinski definition) is 5. The van der Waals surface area contributed by atoms with Gasteiger partial charge in [0.05, 0.1) is 0 Å². The van der Waals surface area contributed by atoms with Gasteiger partial charge in [0.2, 0.25) is 0 Å². The Bertz CT molecular complexity index is 1060. The molecule has 0 aliphatic carbocycles. The molecule has 0 radical (unpaired) electrons. The molecule has 0 saturated carbocycles. The zero-order valence-corrected chi connectivity index (χ0v) is 18.5. The molecular weight excluding hydrogens is 402 g/mol. The Morgan fingerprint density at radius 1 is 1.17 bits per heavy atom. The van der Waals surface area contributed by atoms with Crippen molar-refractivity contribution < 1.29 is 9.53 Å². The van der Waals surface area contributed by atoms with Gasteiger partial charge in [-0.1, -0.05) is 11.6 Å². The van der Waals surface area contributed by atoms with Gasteiger partial charge in [-0.15, -0.1) is 0 Å². The van der Waals surface area contributed by atoms with Gasteiger partial charge in [-0.05, 0) is 52.7 Å². The van der Waals surface area contributed by atoms with Crippen molar-refractivity contribution in [3.05, 3.63) is 41.7 Å². The summed E-state index contributed by atoms with van der Waals surface area (Å²) < 4.78 is 7.70. The minimum absolute atomic E-state index is 0.220. The van der Waals surface area contributed by atoms with Gasteiger partial charge in [0.1, 0.15) is 22.2 Å². The molecular formula is C22H26ClN5O2. The topological polar surface area (TPSA) is 73.1 Å². The number of carbonyl (C=O) groups is 1. The van der Waals surface area contributed by atoms with Crippen molar-refractivity contribution in [3.8, 4) is 11.1 Å². The van der Waals surface area contributed by atoms with E-state index in [9.17, 15) is 4.79 Å². The van der Waals surface area contributed by atoms with Crippen molar-refractivity contribution >= 4 is 28.7 Å². The van der Waals surface area contributed by atoms with E-state index in [2.05, 4.69) is 25.7 Å². The molecule has 0 aromatic carbocycles. The molecule has 1 aliphatic heterocycles. The third-order valence-electron chi connectivity index (χ3n) is 5.25. The standard InChI is InChI=1S/C22H26ClN5O2/c1-14-24-11-15(12-25-14)18-13-28(20-17(18)5-6-19(23)26-20)16-7-9-27(10-8-16)21(29)30-22(2,3)4/h5-6,11-13,16H,7-10H2,1-4H3. The third-order valence-corrected chi connectivity index (χ3v) is 5.46. The summed E-state index contributed by atoms with van der Waals surface area (Å²) in [5.74, 6) is 0.734. The molecule has 1 fully saturated rings. The first-order valence-corrected chi connectivity index (χ1v) is 10.5. The fourth-order valence-electron chi connectivity index (χ4n) is 3.80. The molecule has 0 spiro atoms. The quantitative estimate of drug-likeness (QED) is 0.536. The molecule has 1 saturated heterocycles. The zero-order chi connectivity index (χ0) is 21.5. The Balaban J connectivity index is 1.61. The number of carbonyl (C=O) groups excluding carboxylic acids is 1. The van der Waals surface area contributed by atoms with Gasteiger partial charge in [0, 0.05) is 54.2 Å². The van der Waals surface area contributed by atoms with E-state index in [1.54, 1.807) is 11.0 Å². The average molecular weight is 428 g/mol. The number of ether oxygens (including phenoxy) is 1. The lowest BCUT2D eigenvalue weighted by atomic mass is 10.1. The first-order chi connectivity index (χ1) is 14.2. The summed E-state index contributed by atoms with van der Waals surface area (Å²) in [6, 6.07) is 4.02. The third kappa shape index (κ3) is 4.26. The molecule has 30 heavy (non-hydrogen) atoms. The van der Waals surface area contributed by atoms with Gasteiger partial charge in [-0.25, -0.2) is 19.7 Å². The van der Waals surface area contributed by atoms with Gasteiger partial charge in [0.25, 0.3) is 0 Å². The van der Waals surface area contributed by atoms with Crippen LogP contribution in [-0.4, -0.2) is 49.2 Å². The molecule has 4 rings (SSSR count). The van der Waals surface area contributed by atoms with Gasteiger partial charge in [-0.3, -0.25) is 0 Å². The minimum atomic E-state index is -0.490. The molecule has 3 aromatic heterocycles. The second-order valence-electron chi connectivity index (χ2n) is 8.67. The summed E-state index contributed by atoms with van der Waals surface area (Å²) in [7, 11) is 0. The minimum Gasteiger partial charge on any atom is -0.444 e. The van der Waals surface area contributed by atoms with E-state index in [1.807, 2.05) is 46.2 Å². The number of aryl methyl sites for hydroxylation is 1. The molecule has 3 aromatic rings. The number of rotatable bonds is 2. The molecule has 0 atom stereocenters. The molecule has 4 heterocycles. The van der Waals surface area contributed by atoms with Crippen LogP contribution in [0, 0.1) is 6.92 Å². The van der Waals surface area contributed by atoms with Crippen LogP contribution >= 0.6 is 11.6 Å². The molecule has 0 N–H and O–H groups in total. The van der Waals surface area contributed by atoms with Gasteiger partial charge >= 0.3 is 6.09 Å². The molecule has 1 aliphatic rings. The zero-order valence-electron chi connectivity index (χ0n) is 17.7. The monoisotopic (exact) mass is 427 g/mol. The largest absolute Gasteiger partial charge is 0.444 e. The van der Waals surface area contributed by atoms with Crippen LogP contribution in [0.15, 0.2) is 30.7 Å². The fraction of sp³-hybridized carbons (Fsp3) is 0.455. The highest BCUT2D eigenvalue weighted by Crippen LogP contribution is 2.35. The highest BCUT2D eigenvalue weighted by Gasteiger charge is 2.29. The normalized spacial score (nSPS) is 15.6. The number of likely N-dealkylation sites (tertiary alicyclic amines) is 1. The Labute approximate surface area is 181 Å². The van der Waals surface area contributed by atoms with Gasteiger partial charge in [-0.2, -0.15) is 0 Å². The number of piperidine rings is 1. The second-order valence-corrected chi connectivity index (χ2v) is 9.06. The van der Waals surface area contributed by atoms with Crippen molar-refractivity contribution in [1.82, 2.24) is 24.4 Å². The number of nitrogens with zero attached hydrogens (tertiary/aromatic N) is 5. The highest BCUT2D eigenvalue weighted by atomic mass is 35.5. The lowest BCUT2D eigenvalue weighted by Crippen LogP contribution is -2.42. The Kier molecular flexibility index (Phi) is 5.40. The van der Waals surface area contributed by atoms with Crippen LogP contribution < -0.4 is 0 Å². The van der Waals surface area contributed by atoms with E-state index in [4.69, 9.17) is 16.3 Å². The van der Waals surface area contributed by atoms with Crippen LogP contribution in [0.5, 0.6) is 0 Å². The van der Waals surface area contributed by atoms with Crippen molar-refractivity contribution in [2.45, 2.75) is 52.2 Å². The molecule has 158 valence electrons. The van der Waals surface area contributed by atoms with Crippen LogP contribution in [-0.2, 0) is 4.74 Å². The maximum atomic E-state index is 12.4. The number of fused-ring (bicyclic) bond motifs is 1. The van der Waals surface area contributed by atoms with E-state index >= 15 is 0 Å². The van der Waals surface area contributed by atoms with Crippen LogP contribution in [0.3, 0.4) is 0 Å². The van der Waals surface area contributed by atoms with Crippen molar-refractivity contribution in [2.75, 3.05) is 13.1 Å². The Hall–Kier alpha value is -2.67. The SMILES string of the molecule is Cc1ncc(-c2cn(C3CCN(C(=O)OC(C)(C)C)CC3)c3nc(Cl)ccc23)cn1. The summed E-state index contributed by atoms with van der Waals surface area (Å²) in [5.41, 5.74) is 2.33. The van der Waals surface area contributed by atoms with Crippen LogP contribution in [0.4, 0.5) is 4.79 Å². The van der Waals surface area contributed by atoms with E-state index in [-0.39, 0.29) is 12.1 Å². The number of halogens is 1.